The lowest BCUT2D eigenvalue weighted by molar-refractivity contribution is -0.142. The first kappa shape index (κ1) is 18.7. The van der Waals surface area contributed by atoms with Crippen LogP contribution in [0.3, 0.4) is 0 Å². The maximum Gasteiger partial charge on any atom is 0.306 e. The summed E-state index contributed by atoms with van der Waals surface area (Å²) in [6, 6.07) is 11.3. The summed E-state index contributed by atoms with van der Waals surface area (Å²) < 4.78 is 15.4. The SMILES string of the molecule is O=C(CCCN1C(=O)c2ccccc2C1=O)OCC(=O)c1ccc2c(c1)OCO2. The van der Waals surface area contributed by atoms with Crippen LogP contribution < -0.4 is 9.47 Å². The minimum atomic E-state index is -0.573. The van der Waals surface area contributed by atoms with Crippen molar-refractivity contribution in [2.75, 3.05) is 19.9 Å². The van der Waals surface area contributed by atoms with Crippen LogP contribution in [0.25, 0.3) is 0 Å². The van der Waals surface area contributed by atoms with Crippen LogP contribution >= 0.6 is 0 Å². The van der Waals surface area contributed by atoms with Gasteiger partial charge >= 0.3 is 5.97 Å². The molecule has 0 radical (unpaired) electrons. The molecule has 0 saturated carbocycles. The molecule has 0 aliphatic carbocycles. The lowest BCUT2D eigenvalue weighted by Crippen LogP contribution is -2.31. The van der Waals surface area contributed by atoms with Crippen molar-refractivity contribution in [2.24, 2.45) is 0 Å². The first-order valence-electron chi connectivity index (χ1n) is 9.08. The molecule has 0 saturated heterocycles. The molecule has 148 valence electrons. The molecule has 2 amide bonds. The molecule has 2 aliphatic heterocycles. The van der Waals surface area contributed by atoms with E-state index >= 15 is 0 Å². The smallest absolute Gasteiger partial charge is 0.306 e. The molecule has 0 spiro atoms. The number of hydrogen-bond donors (Lipinski definition) is 0. The Kier molecular flexibility index (Phi) is 4.99. The highest BCUT2D eigenvalue weighted by Crippen LogP contribution is 2.32. The molecule has 8 nitrogen and oxygen atoms in total. The summed E-state index contributed by atoms with van der Waals surface area (Å²) in [5.74, 6) is -0.628. The second kappa shape index (κ2) is 7.75. The molecule has 2 heterocycles. The number of ketones is 1. The van der Waals surface area contributed by atoms with E-state index in [0.717, 1.165) is 4.90 Å². The number of carbonyl (C=O) groups excluding carboxylic acids is 4. The van der Waals surface area contributed by atoms with Gasteiger partial charge in [-0.2, -0.15) is 0 Å². The summed E-state index contributed by atoms with van der Waals surface area (Å²) >= 11 is 0. The van der Waals surface area contributed by atoms with Crippen LogP contribution in [-0.2, 0) is 9.53 Å². The van der Waals surface area contributed by atoms with Gasteiger partial charge in [-0.1, -0.05) is 12.1 Å². The molecular weight excluding hydrogens is 378 g/mol. The maximum atomic E-state index is 12.3. The minimum absolute atomic E-state index is 0.0121. The summed E-state index contributed by atoms with van der Waals surface area (Å²) in [5.41, 5.74) is 1.09. The van der Waals surface area contributed by atoms with Gasteiger partial charge in [0.15, 0.2) is 23.9 Å². The normalized spacial score (nSPS) is 14.1. The van der Waals surface area contributed by atoms with E-state index in [4.69, 9.17) is 14.2 Å². The van der Waals surface area contributed by atoms with Crippen LogP contribution in [0, 0.1) is 0 Å². The number of hydrogen-bond acceptors (Lipinski definition) is 7. The predicted molar refractivity (Wildman–Crippen MR) is 98.9 cm³/mol. The molecule has 0 aromatic heterocycles. The van der Waals surface area contributed by atoms with Crippen LogP contribution in [0.1, 0.15) is 43.9 Å². The lowest BCUT2D eigenvalue weighted by Gasteiger charge is -2.13. The van der Waals surface area contributed by atoms with Gasteiger partial charge in [0, 0.05) is 18.5 Å². The number of rotatable bonds is 7. The summed E-state index contributed by atoms with van der Waals surface area (Å²) in [6.45, 7) is -0.182. The minimum Gasteiger partial charge on any atom is -0.457 e. The quantitative estimate of drug-likeness (QED) is 0.403. The average Bonchev–Trinajstić information content (AvgIpc) is 3.30. The van der Waals surface area contributed by atoms with Gasteiger partial charge in [-0.05, 0) is 36.8 Å². The first-order valence-corrected chi connectivity index (χ1v) is 9.08. The zero-order chi connectivity index (χ0) is 20.4. The fourth-order valence-corrected chi connectivity index (χ4v) is 3.20. The molecule has 4 rings (SSSR count). The van der Waals surface area contributed by atoms with Gasteiger partial charge < -0.3 is 14.2 Å². The summed E-state index contributed by atoms with van der Waals surface area (Å²) in [4.78, 5) is 49.7. The molecular formula is C21H17NO7. The third-order valence-corrected chi connectivity index (χ3v) is 4.70. The van der Waals surface area contributed by atoms with Crippen molar-refractivity contribution in [3.63, 3.8) is 0 Å². The van der Waals surface area contributed by atoms with E-state index < -0.39 is 12.6 Å². The maximum absolute atomic E-state index is 12.3. The number of ether oxygens (including phenoxy) is 3. The number of benzene rings is 2. The third-order valence-electron chi connectivity index (χ3n) is 4.70. The van der Waals surface area contributed by atoms with Crippen LogP contribution in [-0.4, -0.2) is 48.4 Å². The Morgan fingerprint density at radius 3 is 2.38 bits per heavy atom. The summed E-state index contributed by atoms with van der Waals surface area (Å²) in [7, 11) is 0. The van der Waals surface area contributed by atoms with E-state index in [1.165, 1.54) is 0 Å². The lowest BCUT2D eigenvalue weighted by atomic mass is 10.1. The second-order valence-electron chi connectivity index (χ2n) is 6.56. The Balaban J connectivity index is 1.23. The molecule has 0 unspecified atom stereocenters. The largest absolute Gasteiger partial charge is 0.457 e. The van der Waals surface area contributed by atoms with Crippen LogP contribution in [0.5, 0.6) is 11.5 Å². The Labute approximate surface area is 166 Å². The van der Waals surface area contributed by atoms with E-state index in [1.807, 2.05) is 0 Å². The summed E-state index contributed by atoms with van der Waals surface area (Å²) in [5, 5.41) is 0. The topological polar surface area (TPSA) is 99.2 Å². The second-order valence-corrected chi connectivity index (χ2v) is 6.56. The van der Waals surface area contributed by atoms with E-state index in [9.17, 15) is 19.2 Å². The van der Waals surface area contributed by atoms with Gasteiger partial charge in [-0.25, -0.2) is 0 Å². The zero-order valence-electron chi connectivity index (χ0n) is 15.4. The van der Waals surface area contributed by atoms with E-state index in [-0.39, 0.29) is 43.8 Å². The first-order chi connectivity index (χ1) is 14.0. The van der Waals surface area contributed by atoms with Crippen LogP contribution in [0.15, 0.2) is 42.5 Å². The number of esters is 1. The third kappa shape index (κ3) is 3.69. The molecule has 8 heteroatoms. The highest BCUT2D eigenvalue weighted by Gasteiger charge is 2.34. The highest BCUT2D eigenvalue weighted by atomic mass is 16.7. The molecule has 0 bridgehead atoms. The Hall–Kier alpha value is -3.68. The monoisotopic (exact) mass is 395 g/mol. The number of amides is 2. The average molecular weight is 395 g/mol. The van der Waals surface area contributed by atoms with Crippen molar-refractivity contribution in [1.82, 2.24) is 4.90 Å². The molecule has 29 heavy (non-hydrogen) atoms. The molecule has 2 aliphatic rings. The number of Topliss-reactive ketones (excluding diaryl/α,β-unsaturated/α-hetero) is 1. The molecule has 2 aromatic rings. The number of imide groups is 1. The highest BCUT2D eigenvalue weighted by molar-refractivity contribution is 6.21. The number of carbonyl (C=O) groups is 4. The van der Waals surface area contributed by atoms with Crippen LogP contribution in [0.2, 0.25) is 0 Å². The van der Waals surface area contributed by atoms with Gasteiger partial charge in [-0.3, -0.25) is 24.1 Å². The van der Waals surface area contributed by atoms with E-state index in [2.05, 4.69) is 0 Å². The van der Waals surface area contributed by atoms with Crippen molar-refractivity contribution < 1.29 is 33.4 Å². The van der Waals surface area contributed by atoms with Crippen molar-refractivity contribution in [2.45, 2.75) is 12.8 Å². The van der Waals surface area contributed by atoms with Gasteiger partial charge in [0.2, 0.25) is 6.79 Å². The van der Waals surface area contributed by atoms with Gasteiger partial charge in [-0.15, -0.1) is 0 Å². The number of fused-ring (bicyclic) bond motifs is 2. The fourth-order valence-electron chi connectivity index (χ4n) is 3.20. The Bertz CT molecular complexity index is 979. The molecule has 0 N–H and O–H groups in total. The van der Waals surface area contributed by atoms with Crippen molar-refractivity contribution >= 4 is 23.6 Å². The zero-order valence-corrected chi connectivity index (χ0v) is 15.4. The molecule has 0 atom stereocenters. The van der Waals surface area contributed by atoms with E-state index in [0.29, 0.717) is 28.2 Å². The molecule has 2 aromatic carbocycles. The van der Waals surface area contributed by atoms with Gasteiger partial charge in [0.05, 0.1) is 11.1 Å². The van der Waals surface area contributed by atoms with Gasteiger partial charge in [0.1, 0.15) is 0 Å². The van der Waals surface area contributed by atoms with Crippen molar-refractivity contribution in [1.29, 1.82) is 0 Å². The summed E-state index contributed by atoms with van der Waals surface area (Å²) in [6.07, 6.45) is 0.240. The Morgan fingerprint density at radius 1 is 0.966 bits per heavy atom. The van der Waals surface area contributed by atoms with Gasteiger partial charge in [0.25, 0.3) is 11.8 Å². The Morgan fingerprint density at radius 2 is 1.66 bits per heavy atom. The van der Waals surface area contributed by atoms with Crippen molar-refractivity contribution in [3.05, 3.63) is 59.2 Å². The van der Waals surface area contributed by atoms with Crippen LogP contribution in [0.4, 0.5) is 0 Å². The van der Waals surface area contributed by atoms with E-state index in [1.54, 1.807) is 42.5 Å². The van der Waals surface area contributed by atoms with Crippen molar-refractivity contribution in [3.8, 4) is 11.5 Å². The fraction of sp³-hybridized carbons (Fsp3) is 0.238. The standard InChI is InChI=1S/C21H17NO7/c23-16(13-7-8-17-18(10-13)29-12-28-17)11-27-19(24)6-3-9-22-20(25)14-4-1-2-5-15(14)21(22)26/h1-2,4-5,7-8,10H,3,6,9,11-12H2. The molecule has 0 fully saturated rings. The predicted octanol–water partition coefficient (Wildman–Crippen LogP) is 2.22. The number of nitrogens with zero attached hydrogens (tertiary/aromatic N) is 1.